The summed E-state index contributed by atoms with van der Waals surface area (Å²) in [6.07, 6.45) is 1.50. The molecule has 2 aromatic carbocycles. The molecule has 128 valence electrons. The van der Waals surface area contributed by atoms with Crippen LogP contribution in [0.1, 0.15) is 11.1 Å². The molecule has 4 nitrogen and oxygen atoms in total. The van der Waals surface area contributed by atoms with Crippen molar-refractivity contribution in [1.82, 2.24) is 0 Å². The van der Waals surface area contributed by atoms with Gasteiger partial charge in [0.2, 0.25) is 0 Å². The SMILES string of the molecule is C=CCN(c1cccc(C)c1C)S(=O)(=O)c1ccc(OC)c(F)c1. The van der Waals surface area contributed by atoms with E-state index in [1.807, 2.05) is 19.9 Å². The lowest BCUT2D eigenvalue weighted by Crippen LogP contribution is -2.32. The first-order valence-corrected chi connectivity index (χ1v) is 8.80. The molecule has 0 heterocycles. The minimum absolute atomic E-state index is 0.00374. The molecule has 0 saturated heterocycles. The zero-order valence-electron chi connectivity index (χ0n) is 13.9. The zero-order valence-corrected chi connectivity index (χ0v) is 14.7. The van der Waals surface area contributed by atoms with Crippen LogP contribution in [0.5, 0.6) is 5.75 Å². The number of benzene rings is 2. The Labute approximate surface area is 142 Å². The molecule has 0 radical (unpaired) electrons. The highest BCUT2D eigenvalue weighted by atomic mass is 32.2. The van der Waals surface area contributed by atoms with Crippen LogP contribution in [0.4, 0.5) is 10.1 Å². The third-order valence-corrected chi connectivity index (χ3v) is 5.63. The molecule has 0 bridgehead atoms. The topological polar surface area (TPSA) is 46.6 Å². The van der Waals surface area contributed by atoms with Gasteiger partial charge in [-0.1, -0.05) is 18.2 Å². The van der Waals surface area contributed by atoms with Crippen LogP contribution in [-0.4, -0.2) is 22.1 Å². The molecule has 24 heavy (non-hydrogen) atoms. The lowest BCUT2D eigenvalue weighted by atomic mass is 10.1. The van der Waals surface area contributed by atoms with E-state index in [4.69, 9.17) is 4.74 Å². The first-order valence-electron chi connectivity index (χ1n) is 7.36. The van der Waals surface area contributed by atoms with Crippen molar-refractivity contribution in [3.8, 4) is 5.75 Å². The van der Waals surface area contributed by atoms with Crippen LogP contribution in [0.2, 0.25) is 0 Å². The molecule has 0 atom stereocenters. The largest absolute Gasteiger partial charge is 0.494 e. The van der Waals surface area contributed by atoms with E-state index in [9.17, 15) is 12.8 Å². The Balaban J connectivity index is 2.59. The molecule has 2 aromatic rings. The van der Waals surface area contributed by atoms with Gasteiger partial charge in [0.05, 0.1) is 24.2 Å². The number of rotatable bonds is 6. The van der Waals surface area contributed by atoms with E-state index in [1.165, 1.54) is 29.6 Å². The van der Waals surface area contributed by atoms with Crippen molar-refractivity contribution in [3.05, 3.63) is 66.0 Å². The Morgan fingerprint density at radius 1 is 1.25 bits per heavy atom. The summed E-state index contributed by atoms with van der Waals surface area (Å²) in [5.74, 6) is -0.728. The highest BCUT2D eigenvalue weighted by molar-refractivity contribution is 7.92. The minimum Gasteiger partial charge on any atom is -0.494 e. The van der Waals surface area contributed by atoms with E-state index in [2.05, 4.69) is 6.58 Å². The maximum absolute atomic E-state index is 13.9. The van der Waals surface area contributed by atoms with Crippen molar-refractivity contribution < 1.29 is 17.5 Å². The summed E-state index contributed by atoms with van der Waals surface area (Å²) >= 11 is 0. The number of methoxy groups -OCH3 is 1. The van der Waals surface area contributed by atoms with E-state index in [0.29, 0.717) is 5.69 Å². The van der Waals surface area contributed by atoms with Crippen LogP contribution < -0.4 is 9.04 Å². The van der Waals surface area contributed by atoms with Gasteiger partial charge in [0.25, 0.3) is 10.0 Å². The normalized spacial score (nSPS) is 11.2. The number of halogens is 1. The first kappa shape index (κ1) is 18.0. The van der Waals surface area contributed by atoms with Gasteiger partial charge in [-0.3, -0.25) is 4.31 Å². The molecule has 2 rings (SSSR count). The Morgan fingerprint density at radius 3 is 2.54 bits per heavy atom. The van der Waals surface area contributed by atoms with Gasteiger partial charge < -0.3 is 4.74 Å². The van der Waals surface area contributed by atoms with Crippen molar-refractivity contribution in [2.24, 2.45) is 0 Å². The molecule has 0 aliphatic heterocycles. The fourth-order valence-electron chi connectivity index (χ4n) is 2.38. The summed E-state index contributed by atoms with van der Waals surface area (Å²) in [5, 5.41) is 0. The Kier molecular flexibility index (Phi) is 5.29. The molecule has 0 amide bonds. The van der Waals surface area contributed by atoms with Gasteiger partial charge in [-0.25, -0.2) is 12.8 Å². The van der Waals surface area contributed by atoms with E-state index in [1.54, 1.807) is 12.1 Å². The average Bonchev–Trinajstić information content (AvgIpc) is 2.55. The smallest absolute Gasteiger partial charge is 0.264 e. The molecule has 0 fully saturated rings. The summed E-state index contributed by atoms with van der Waals surface area (Å²) < 4.78 is 46.0. The van der Waals surface area contributed by atoms with Crippen molar-refractivity contribution in [3.63, 3.8) is 0 Å². The molecular formula is C18H20FNO3S. The number of aryl methyl sites for hydroxylation is 1. The van der Waals surface area contributed by atoms with Crippen LogP contribution >= 0.6 is 0 Å². The van der Waals surface area contributed by atoms with Gasteiger partial charge in [-0.2, -0.15) is 0 Å². The molecule has 0 spiro atoms. The highest BCUT2D eigenvalue weighted by Gasteiger charge is 2.26. The number of hydrogen-bond donors (Lipinski definition) is 0. The molecular weight excluding hydrogens is 329 g/mol. The van der Waals surface area contributed by atoms with Crippen molar-refractivity contribution >= 4 is 15.7 Å². The van der Waals surface area contributed by atoms with Gasteiger partial charge in [-0.05, 0) is 49.2 Å². The lowest BCUT2D eigenvalue weighted by Gasteiger charge is -2.25. The molecule has 0 aliphatic carbocycles. The molecule has 0 saturated carbocycles. The lowest BCUT2D eigenvalue weighted by molar-refractivity contribution is 0.385. The van der Waals surface area contributed by atoms with Gasteiger partial charge in [-0.15, -0.1) is 6.58 Å². The van der Waals surface area contributed by atoms with Gasteiger partial charge in [0, 0.05) is 0 Å². The van der Waals surface area contributed by atoms with E-state index >= 15 is 0 Å². The number of anilines is 1. The Bertz CT molecular complexity index is 863. The highest BCUT2D eigenvalue weighted by Crippen LogP contribution is 2.30. The quantitative estimate of drug-likeness (QED) is 0.745. The van der Waals surface area contributed by atoms with Crippen LogP contribution in [0, 0.1) is 19.7 Å². The predicted octanol–water partition coefficient (Wildman–Crippen LogP) is 3.83. The predicted molar refractivity (Wildman–Crippen MR) is 93.6 cm³/mol. The second-order valence-corrected chi connectivity index (χ2v) is 7.20. The summed E-state index contributed by atoms with van der Waals surface area (Å²) in [7, 11) is -2.61. The fraction of sp³-hybridized carbons (Fsp3) is 0.222. The van der Waals surface area contributed by atoms with Crippen LogP contribution in [0.3, 0.4) is 0 Å². The van der Waals surface area contributed by atoms with Crippen molar-refractivity contribution in [2.45, 2.75) is 18.7 Å². The van der Waals surface area contributed by atoms with Crippen LogP contribution in [-0.2, 0) is 10.0 Å². The van der Waals surface area contributed by atoms with Crippen LogP contribution in [0.15, 0.2) is 53.9 Å². The Hall–Kier alpha value is -2.34. The maximum Gasteiger partial charge on any atom is 0.264 e. The zero-order chi connectivity index (χ0) is 17.9. The molecule has 6 heteroatoms. The summed E-state index contributed by atoms with van der Waals surface area (Å²) in [6, 6.07) is 9.02. The molecule has 0 unspecified atom stereocenters. The van der Waals surface area contributed by atoms with Gasteiger partial charge in [0.1, 0.15) is 0 Å². The molecule has 0 aromatic heterocycles. The average molecular weight is 349 g/mol. The van der Waals surface area contributed by atoms with Crippen LogP contribution in [0.25, 0.3) is 0 Å². The van der Waals surface area contributed by atoms with Crippen molar-refractivity contribution in [2.75, 3.05) is 18.0 Å². The molecule has 0 N–H and O–H groups in total. The summed E-state index contributed by atoms with van der Waals surface area (Å²) in [6.45, 7) is 7.47. The molecule has 0 aliphatic rings. The fourth-order valence-corrected chi connectivity index (χ4v) is 3.89. The minimum atomic E-state index is -3.94. The third kappa shape index (κ3) is 3.28. The monoisotopic (exact) mass is 349 g/mol. The standard InChI is InChI=1S/C18H20FNO3S/c1-5-11-20(17-8-6-7-13(2)14(17)3)24(21,22)15-9-10-18(23-4)16(19)12-15/h5-10,12H,1,11H2,2-4H3. The van der Waals surface area contributed by atoms with Crippen molar-refractivity contribution in [1.29, 1.82) is 0 Å². The number of hydrogen-bond acceptors (Lipinski definition) is 3. The Morgan fingerprint density at radius 2 is 1.96 bits per heavy atom. The summed E-state index contributed by atoms with van der Waals surface area (Å²) in [5.41, 5.74) is 2.36. The van der Waals surface area contributed by atoms with E-state index in [-0.39, 0.29) is 17.2 Å². The van der Waals surface area contributed by atoms with Gasteiger partial charge >= 0.3 is 0 Å². The van der Waals surface area contributed by atoms with E-state index in [0.717, 1.165) is 17.2 Å². The number of nitrogens with zero attached hydrogens (tertiary/aromatic N) is 1. The van der Waals surface area contributed by atoms with E-state index < -0.39 is 15.8 Å². The first-order chi connectivity index (χ1) is 11.3. The second-order valence-electron chi connectivity index (χ2n) is 5.34. The third-order valence-electron chi connectivity index (χ3n) is 3.85. The summed E-state index contributed by atoms with van der Waals surface area (Å²) in [4.78, 5) is -0.136. The second kappa shape index (κ2) is 7.05. The number of ether oxygens (including phenoxy) is 1. The number of sulfonamides is 1. The maximum atomic E-state index is 13.9. The van der Waals surface area contributed by atoms with Gasteiger partial charge in [0.15, 0.2) is 11.6 Å².